The van der Waals surface area contributed by atoms with Crippen LogP contribution in [0.3, 0.4) is 0 Å². The first-order valence-corrected chi connectivity index (χ1v) is 8.58. The first-order valence-electron chi connectivity index (χ1n) is 8.58. The van der Waals surface area contributed by atoms with Crippen molar-refractivity contribution in [1.82, 2.24) is 14.7 Å². The van der Waals surface area contributed by atoms with Gasteiger partial charge >= 0.3 is 5.97 Å². The van der Waals surface area contributed by atoms with Crippen LogP contribution in [0.4, 0.5) is 0 Å². The maximum atomic E-state index is 12.5. The first-order chi connectivity index (χ1) is 11.5. The lowest BCUT2D eigenvalue weighted by Gasteiger charge is -2.29. The van der Waals surface area contributed by atoms with Crippen LogP contribution in [0, 0.1) is 11.3 Å². The Bertz CT molecular complexity index is 540. The molecule has 3 aliphatic heterocycles. The standard InChI is InChI=1S/C16H25N3O5/c20-6-5-17-7-12-8-19(11-16(12,10-17)15(23)24)14(22)9-18-4-2-1-3-13(18)21/h12,20H,1-11H2,(H,23,24)/t12-,16-/m1/s1. The number of aliphatic hydroxyl groups is 1. The second-order valence-electron chi connectivity index (χ2n) is 7.16. The van der Waals surface area contributed by atoms with Gasteiger partial charge < -0.3 is 20.0 Å². The molecule has 8 nitrogen and oxygen atoms in total. The van der Waals surface area contributed by atoms with Gasteiger partial charge in [0.05, 0.1) is 13.2 Å². The van der Waals surface area contributed by atoms with E-state index in [0.29, 0.717) is 39.1 Å². The predicted octanol–water partition coefficient (Wildman–Crippen LogP) is -1.16. The fraction of sp³-hybridized carbons (Fsp3) is 0.812. The van der Waals surface area contributed by atoms with Crippen LogP contribution in [0.5, 0.6) is 0 Å². The molecule has 0 aliphatic carbocycles. The van der Waals surface area contributed by atoms with Gasteiger partial charge in [0, 0.05) is 51.6 Å². The molecule has 3 fully saturated rings. The van der Waals surface area contributed by atoms with Crippen molar-refractivity contribution < 1.29 is 24.6 Å². The van der Waals surface area contributed by atoms with Gasteiger partial charge in [-0.05, 0) is 12.8 Å². The fourth-order valence-corrected chi connectivity index (χ4v) is 4.27. The fourth-order valence-electron chi connectivity index (χ4n) is 4.27. The largest absolute Gasteiger partial charge is 0.481 e. The number of piperidine rings is 1. The molecule has 0 saturated carbocycles. The summed E-state index contributed by atoms with van der Waals surface area (Å²) < 4.78 is 0. The summed E-state index contributed by atoms with van der Waals surface area (Å²) in [5.74, 6) is -1.15. The molecule has 0 aromatic carbocycles. The Morgan fingerprint density at radius 2 is 2.00 bits per heavy atom. The number of hydrogen-bond acceptors (Lipinski definition) is 5. The number of nitrogens with zero attached hydrogens (tertiary/aromatic N) is 3. The van der Waals surface area contributed by atoms with Gasteiger partial charge in [-0.25, -0.2) is 0 Å². The second-order valence-corrected chi connectivity index (χ2v) is 7.16. The summed E-state index contributed by atoms with van der Waals surface area (Å²) >= 11 is 0. The zero-order chi connectivity index (χ0) is 17.3. The van der Waals surface area contributed by atoms with Crippen LogP contribution < -0.4 is 0 Å². The lowest BCUT2D eigenvalue weighted by Crippen LogP contribution is -2.46. The summed E-state index contributed by atoms with van der Waals surface area (Å²) in [7, 11) is 0. The summed E-state index contributed by atoms with van der Waals surface area (Å²) in [6.45, 7) is 2.67. The number of amides is 2. The summed E-state index contributed by atoms with van der Waals surface area (Å²) in [4.78, 5) is 41.4. The predicted molar refractivity (Wildman–Crippen MR) is 84.1 cm³/mol. The van der Waals surface area contributed by atoms with Crippen molar-refractivity contribution in [2.75, 3.05) is 52.4 Å². The number of carbonyl (C=O) groups is 3. The molecule has 8 heteroatoms. The van der Waals surface area contributed by atoms with Gasteiger partial charge in [-0.2, -0.15) is 0 Å². The number of carboxylic acid groups (broad SMARTS) is 1. The minimum Gasteiger partial charge on any atom is -0.481 e. The van der Waals surface area contributed by atoms with E-state index in [1.165, 1.54) is 0 Å². The Morgan fingerprint density at radius 1 is 1.21 bits per heavy atom. The maximum absolute atomic E-state index is 12.5. The van der Waals surface area contributed by atoms with Crippen molar-refractivity contribution >= 4 is 17.8 Å². The van der Waals surface area contributed by atoms with E-state index in [2.05, 4.69) is 0 Å². The third-order valence-electron chi connectivity index (χ3n) is 5.62. The number of carbonyl (C=O) groups excluding carboxylic acids is 2. The van der Waals surface area contributed by atoms with Crippen molar-refractivity contribution in [3.8, 4) is 0 Å². The zero-order valence-electron chi connectivity index (χ0n) is 13.8. The molecule has 134 valence electrons. The van der Waals surface area contributed by atoms with Gasteiger partial charge in [-0.1, -0.05) is 0 Å². The molecule has 0 aromatic rings. The van der Waals surface area contributed by atoms with Crippen LogP contribution in [0.25, 0.3) is 0 Å². The van der Waals surface area contributed by atoms with Crippen LogP contribution in [-0.4, -0.2) is 95.1 Å². The number of aliphatic carboxylic acids is 1. The van der Waals surface area contributed by atoms with E-state index in [4.69, 9.17) is 5.11 Å². The van der Waals surface area contributed by atoms with E-state index in [1.54, 1.807) is 9.80 Å². The molecule has 3 saturated heterocycles. The monoisotopic (exact) mass is 339 g/mol. The number of likely N-dealkylation sites (tertiary alicyclic amines) is 3. The molecule has 2 amide bonds. The Balaban J connectivity index is 1.64. The normalized spacial score (nSPS) is 30.7. The minimum absolute atomic E-state index is 0.00212. The average Bonchev–Trinajstić information content (AvgIpc) is 3.05. The summed E-state index contributed by atoms with van der Waals surface area (Å²) in [6.07, 6.45) is 2.28. The molecule has 24 heavy (non-hydrogen) atoms. The SMILES string of the molecule is O=C1CCCCN1CC(=O)N1C[C@H]2CN(CCO)C[C@@]2(C(=O)O)C1. The molecule has 2 N–H and O–H groups in total. The van der Waals surface area contributed by atoms with E-state index in [-0.39, 0.29) is 37.4 Å². The van der Waals surface area contributed by atoms with Crippen LogP contribution in [0.1, 0.15) is 19.3 Å². The lowest BCUT2D eigenvalue weighted by atomic mass is 9.81. The van der Waals surface area contributed by atoms with Crippen molar-refractivity contribution in [3.63, 3.8) is 0 Å². The van der Waals surface area contributed by atoms with Crippen LogP contribution in [0.15, 0.2) is 0 Å². The molecule has 0 bridgehead atoms. The van der Waals surface area contributed by atoms with E-state index in [1.807, 2.05) is 4.90 Å². The van der Waals surface area contributed by atoms with Gasteiger partial charge in [0.25, 0.3) is 0 Å². The molecule has 2 atom stereocenters. The molecule has 3 heterocycles. The van der Waals surface area contributed by atoms with E-state index < -0.39 is 11.4 Å². The highest BCUT2D eigenvalue weighted by Gasteiger charge is 2.58. The molecule has 3 aliphatic rings. The van der Waals surface area contributed by atoms with Gasteiger partial charge in [-0.15, -0.1) is 0 Å². The molecular formula is C16H25N3O5. The van der Waals surface area contributed by atoms with Gasteiger partial charge in [0.1, 0.15) is 5.41 Å². The molecule has 0 spiro atoms. The quantitative estimate of drug-likeness (QED) is 0.655. The van der Waals surface area contributed by atoms with E-state index in [9.17, 15) is 19.5 Å². The zero-order valence-corrected chi connectivity index (χ0v) is 13.8. The average molecular weight is 339 g/mol. The van der Waals surface area contributed by atoms with E-state index >= 15 is 0 Å². The number of rotatable bonds is 5. The number of hydrogen-bond donors (Lipinski definition) is 2. The first kappa shape index (κ1) is 17.2. The lowest BCUT2D eigenvalue weighted by molar-refractivity contribution is -0.149. The van der Waals surface area contributed by atoms with Crippen LogP contribution in [-0.2, 0) is 14.4 Å². The topological polar surface area (TPSA) is 101 Å². The Labute approximate surface area is 141 Å². The Kier molecular flexibility index (Phi) is 4.78. The maximum Gasteiger partial charge on any atom is 0.313 e. The summed E-state index contributed by atoms with van der Waals surface area (Å²) in [5, 5.41) is 18.8. The number of aliphatic hydroxyl groups excluding tert-OH is 1. The minimum atomic E-state index is -0.948. The van der Waals surface area contributed by atoms with Crippen LogP contribution in [0.2, 0.25) is 0 Å². The third-order valence-corrected chi connectivity index (χ3v) is 5.62. The van der Waals surface area contributed by atoms with Crippen molar-refractivity contribution in [3.05, 3.63) is 0 Å². The molecule has 3 rings (SSSR count). The van der Waals surface area contributed by atoms with Gasteiger partial charge in [0.2, 0.25) is 11.8 Å². The number of fused-ring (bicyclic) bond motifs is 1. The highest BCUT2D eigenvalue weighted by Crippen LogP contribution is 2.42. The third kappa shape index (κ3) is 3.00. The molecule has 0 unspecified atom stereocenters. The number of β-amino-alcohol motifs (C(OH)–C–C–N with tert-alkyl or cyclic N) is 1. The Morgan fingerprint density at radius 3 is 2.62 bits per heavy atom. The summed E-state index contributed by atoms with van der Waals surface area (Å²) in [6, 6.07) is 0. The molecule has 0 aromatic heterocycles. The Hall–Kier alpha value is -1.67. The second kappa shape index (κ2) is 6.68. The smallest absolute Gasteiger partial charge is 0.313 e. The molecular weight excluding hydrogens is 314 g/mol. The number of carboxylic acids is 1. The van der Waals surface area contributed by atoms with Crippen molar-refractivity contribution in [2.45, 2.75) is 19.3 Å². The summed E-state index contributed by atoms with van der Waals surface area (Å²) in [5.41, 5.74) is -0.948. The van der Waals surface area contributed by atoms with Gasteiger partial charge in [-0.3, -0.25) is 19.3 Å². The highest BCUT2D eigenvalue weighted by atomic mass is 16.4. The van der Waals surface area contributed by atoms with Crippen molar-refractivity contribution in [2.24, 2.45) is 11.3 Å². The van der Waals surface area contributed by atoms with Crippen LogP contribution >= 0.6 is 0 Å². The molecule has 0 radical (unpaired) electrons. The van der Waals surface area contributed by atoms with E-state index in [0.717, 1.165) is 12.8 Å². The highest BCUT2D eigenvalue weighted by molar-refractivity contribution is 5.86. The van der Waals surface area contributed by atoms with Gasteiger partial charge in [0.15, 0.2) is 0 Å². The van der Waals surface area contributed by atoms with Crippen molar-refractivity contribution in [1.29, 1.82) is 0 Å².